The predicted octanol–water partition coefficient (Wildman–Crippen LogP) is -0.331. The number of para-hydroxylation sites is 1. The molecule has 1 amide bonds. The Hall–Kier alpha value is -2.10. The molecule has 8 nitrogen and oxygen atoms in total. The van der Waals surface area contributed by atoms with Crippen LogP contribution in [0.1, 0.15) is 41.6 Å². The van der Waals surface area contributed by atoms with E-state index in [4.69, 9.17) is 16.1 Å². The monoisotopic (exact) mass is 361 g/mol. The first-order chi connectivity index (χ1) is 12.3. The van der Waals surface area contributed by atoms with Crippen LogP contribution in [0, 0.1) is 5.92 Å². The van der Waals surface area contributed by atoms with Gasteiger partial charge in [-0.25, -0.2) is 4.79 Å². The van der Waals surface area contributed by atoms with Crippen molar-refractivity contribution in [2.75, 3.05) is 0 Å². The minimum atomic E-state index is -1.30. The number of carboxylic acids is 1. The van der Waals surface area contributed by atoms with Gasteiger partial charge in [0.25, 0.3) is 0 Å². The number of aromatic carboxylic acids is 1. The molecule has 2 aliphatic rings. The van der Waals surface area contributed by atoms with Gasteiger partial charge in [0.05, 0.1) is 11.5 Å². The lowest BCUT2D eigenvalue weighted by Crippen LogP contribution is -2.53. The summed E-state index contributed by atoms with van der Waals surface area (Å²) in [6, 6.07) is 4.67. The number of amides is 1. The predicted molar refractivity (Wildman–Crippen MR) is 95.5 cm³/mol. The van der Waals surface area contributed by atoms with Crippen molar-refractivity contribution in [3.63, 3.8) is 0 Å². The Morgan fingerprint density at radius 1 is 1.27 bits per heavy atom. The van der Waals surface area contributed by atoms with Gasteiger partial charge in [-0.05, 0) is 43.2 Å². The van der Waals surface area contributed by atoms with Crippen molar-refractivity contribution in [3.05, 3.63) is 29.3 Å². The van der Waals surface area contributed by atoms with E-state index in [2.05, 4.69) is 5.32 Å². The van der Waals surface area contributed by atoms with E-state index in [0.717, 1.165) is 12.8 Å². The molecular formula is C17H24BN3O5. The van der Waals surface area contributed by atoms with Gasteiger partial charge in [0.2, 0.25) is 5.91 Å². The van der Waals surface area contributed by atoms with Crippen molar-refractivity contribution in [1.82, 2.24) is 5.32 Å². The van der Waals surface area contributed by atoms with E-state index < -0.39 is 19.0 Å². The largest absolute Gasteiger partial charge is 0.547 e. The first-order valence-electron chi connectivity index (χ1n) is 8.85. The lowest BCUT2D eigenvalue weighted by molar-refractivity contribution is -0.122. The molecule has 0 bridgehead atoms. The van der Waals surface area contributed by atoms with Crippen LogP contribution in [0.5, 0.6) is 5.75 Å². The third kappa shape index (κ3) is 4.00. The smallest absolute Gasteiger partial charge is 0.534 e. The van der Waals surface area contributed by atoms with Gasteiger partial charge >= 0.3 is 13.1 Å². The molecule has 26 heavy (non-hydrogen) atoms. The Balaban J connectivity index is 1.61. The van der Waals surface area contributed by atoms with Crippen LogP contribution >= 0.6 is 0 Å². The van der Waals surface area contributed by atoms with Crippen LogP contribution in [0.15, 0.2) is 18.2 Å². The number of fused-ring (bicyclic) bond motifs is 1. The summed E-state index contributed by atoms with van der Waals surface area (Å²) < 4.78 is 5.38. The number of carboxylic acid groups (broad SMARTS) is 1. The lowest BCUT2D eigenvalue weighted by Gasteiger charge is -2.32. The van der Waals surface area contributed by atoms with Crippen molar-refractivity contribution < 1.29 is 24.4 Å². The fourth-order valence-electron chi connectivity index (χ4n) is 3.75. The highest BCUT2D eigenvalue weighted by Crippen LogP contribution is 2.30. The molecule has 1 heterocycles. The van der Waals surface area contributed by atoms with Crippen molar-refractivity contribution in [2.24, 2.45) is 17.4 Å². The average Bonchev–Trinajstić information content (AvgIpc) is 2.58. The molecule has 7 N–H and O–H groups in total. The third-order valence-corrected chi connectivity index (χ3v) is 5.23. The van der Waals surface area contributed by atoms with Gasteiger partial charge in [0, 0.05) is 18.5 Å². The van der Waals surface area contributed by atoms with E-state index in [-0.39, 0.29) is 35.2 Å². The van der Waals surface area contributed by atoms with Crippen molar-refractivity contribution in [3.8, 4) is 5.75 Å². The van der Waals surface area contributed by atoms with Crippen molar-refractivity contribution in [2.45, 2.75) is 50.1 Å². The molecule has 0 aromatic heterocycles. The number of nitrogens with two attached hydrogens (primary N) is 2. The molecule has 0 radical (unpaired) electrons. The summed E-state index contributed by atoms with van der Waals surface area (Å²) >= 11 is 0. The maximum absolute atomic E-state index is 12.4. The summed E-state index contributed by atoms with van der Waals surface area (Å²) in [5.74, 6) is -1.59. The van der Waals surface area contributed by atoms with Gasteiger partial charge in [0.15, 0.2) is 0 Å². The molecule has 3 rings (SSSR count). The van der Waals surface area contributed by atoms with Gasteiger partial charge in [-0.1, -0.05) is 12.1 Å². The molecule has 1 aliphatic heterocycles. The fourth-order valence-corrected chi connectivity index (χ4v) is 3.75. The number of hydrogen-bond acceptors (Lipinski definition) is 6. The van der Waals surface area contributed by atoms with E-state index >= 15 is 0 Å². The highest BCUT2D eigenvalue weighted by molar-refractivity contribution is 6.47. The Morgan fingerprint density at radius 3 is 2.73 bits per heavy atom. The molecule has 1 aromatic carbocycles. The maximum Gasteiger partial charge on any atom is 0.547 e. The summed E-state index contributed by atoms with van der Waals surface area (Å²) in [5.41, 5.74) is 12.5. The van der Waals surface area contributed by atoms with Crippen LogP contribution in [-0.2, 0) is 11.2 Å². The number of carbonyl (C=O) groups excluding carboxylic acids is 1. The Kier molecular flexibility index (Phi) is 5.50. The average molecular weight is 361 g/mol. The zero-order valence-electron chi connectivity index (χ0n) is 14.4. The Morgan fingerprint density at radius 2 is 2.04 bits per heavy atom. The summed E-state index contributed by atoms with van der Waals surface area (Å²) in [7, 11) is -1.30. The normalized spacial score (nSPS) is 28.0. The van der Waals surface area contributed by atoms with Crippen molar-refractivity contribution in [1.29, 1.82) is 0 Å². The number of carbonyl (C=O) groups is 2. The highest BCUT2D eigenvalue weighted by Gasteiger charge is 2.38. The van der Waals surface area contributed by atoms with E-state index in [1.54, 1.807) is 12.1 Å². The number of rotatable bonds is 4. The van der Waals surface area contributed by atoms with Gasteiger partial charge < -0.3 is 31.6 Å². The zero-order valence-corrected chi connectivity index (χ0v) is 14.4. The van der Waals surface area contributed by atoms with Crippen molar-refractivity contribution >= 4 is 19.0 Å². The summed E-state index contributed by atoms with van der Waals surface area (Å²) in [6.45, 7) is 0. The molecule has 0 saturated heterocycles. The molecule has 1 saturated carbocycles. The maximum atomic E-state index is 12.4. The van der Waals surface area contributed by atoms with Gasteiger partial charge in [-0.3, -0.25) is 4.79 Å². The third-order valence-electron chi connectivity index (χ3n) is 5.23. The second-order valence-electron chi connectivity index (χ2n) is 7.20. The molecule has 1 fully saturated rings. The molecule has 1 aromatic rings. The van der Waals surface area contributed by atoms with E-state index in [1.807, 2.05) is 0 Å². The highest BCUT2D eigenvalue weighted by atomic mass is 16.5. The number of benzene rings is 1. The van der Waals surface area contributed by atoms with E-state index in [9.17, 15) is 19.7 Å². The first kappa shape index (κ1) is 18.7. The Labute approximate surface area is 152 Å². The van der Waals surface area contributed by atoms with Gasteiger partial charge in [0.1, 0.15) is 5.75 Å². The zero-order chi connectivity index (χ0) is 18.8. The summed E-state index contributed by atoms with van der Waals surface area (Å²) in [5, 5.41) is 22.2. The van der Waals surface area contributed by atoms with Crippen LogP contribution < -0.4 is 21.4 Å². The SMILES string of the molecule is N[C@@H]1CC[C@H](CC(=O)N[C@H]2Cc3cccc(C(=O)O)c3OB2O)C[C@H]1N. The van der Waals surface area contributed by atoms with Crippen LogP contribution in [0.4, 0.5) is 0 Å². The van der Waals surface area contributed by atoms with E-state index in [0.29, 0.717) is 24.8 Å². The molecule has 9 heteroatoms. The number of nitrogens with one attached hydrogen (secondary N) is 1. The molecule has 0 unspecified atom stereocenters. The van der Waals surface area contributed by atoms with Crippen LogP contribution in [0.25, 0.3) is 0 Å². The number of hydrogen-bond donors (Lipinski definition) is 5. The molecule has 0 spiro atoms. The second-order valence-corrected chi connectivity index (χ2v) is 7.20. The van der Waals surface area contributed by atoms with Crippen LogP contribution in [0.3, 0.4) is 0 Å². The molecule has 1 aliphatic carbocycles. The van der Waals surface area contributed by atoms with Crippen LogP contribution in [0.2, 0.25) is 0 Å². The van der Waals surface area contributed by atoms with E-state index in [1.165, 1.54) is 6.07 Å². The van der Waals surface area contributed by atoms with Crippen LogP contribution in [-0.4, -0.2) is 47.2 Å². The second kappa shape index (κ2) is 7.65. The first-order valence-corrected chi connectivity index (χ1v) is 8.85. The van der Waals surface area contributed by atoms with Gasteiger partial charge in [-0.15, -0.1) is 0 Å². The minimum absolute atomic E-state index is 0.00106. The minimum Gasteiger partial charge on any atom is -0.534 e. The summed E-state index contributed by atoms with van der Waals surface area (Å²) in [4.78, 5) is 23.6. The summed E-state index contributed by atoms with van der Waals surface area (Å²) in [6.07, 6.45) is 3.00. The fraction of sp³-hybridized carbons (Fsp3) is 0.529. The lowest BCUT2D eigenvalue weighted by atomic mass is 9.72. The quantitative estimate of drug-likeness (QED) is 0.461. The molecule has 4 atom stereocenters. The standard InChI is InChI=1S/C17H24BN3O5/c19-12-5-4-9(6-13(12)20)7-15(22)21-14-8-10-2-1-3-11(17(23)24)16(10)26-18(14)25/h1-3,9,12-14,25H,4-8,19-20H2,(H,21,22)(H,23,24)/t9-,12+,13+,14-/m0/s1. The molecular weight excluding hydrogens is 337 g/mol. The van der Waals surface area contributed by atoms with Gasteiger partial charge in [-0.2, -0.15) is 0 Å². The Bertz CT molecular complexity index is 701. The topological polar surface area (TPSA) is 148 Å². The molecule has 140 valence electrons.